The normalized spacial score (nSPS) is 15.1. The second-order valence-electron chi connectivity index (χ2n) is 7.68. The fourth-order valence-corrected chi connectivity index (χ4v) is 3.82. The van der Waals surface area contributed by atoms with Gasteiger partial charge in [0.25, 0.3) is 5.91 Å². The van der Waals surface area contributed by atoms with Gasteiger partial charge in [-0.15, -0.1) is 0 Å². The maximum Gasteiger partial charge on any atom is 0.322 e. The number of nitrogens with one attached hydrogen (secondary N) is 1. The molecule has 1 aliphatic rings. The zero-order chi connectivity index (χ0) is 22.1. The molecule has 3 amide bonds. The monoisotopic (exact) mass is 414 g/mol. The van der Waals surface area contributed by atoms with Crippen LogP contribution < -0.4 is 11.1 Å². The highest BCUT2D eigenvalue weighted by molar-refractivity contribution is 6.00. The largest absolute Gasteiger partial charge is 0.365 e. The standard InChI is InChI=1S/C23H22N6O2/c1-14-4-3-5-17(10-14)21-20(22(25)30)19-13-28(15(2)12-29(19)27-21)23(31)26-18-8-6-16(11-24)7-9-18/h3-10,15H,12-13H2,1-2H3,(H2,25,30)(H,26,31). The lowest BCUT2D eigenvalue weighted by Crippen LogP contribution is -2.47. The molecule has 1 atom stereocenters. The number of hydrogen-bond donors (Lipinski definition) is 2. The van der Waals surface area contributed by atoms with Crippen molar-refractivity contribution in [1.82, 2.24) is 14.7 Å². The van der Waals surface area contributed by atoms with E-state index in [2.05, 4.69) is 10.4 Å². The predicted molar refractivity (Wildman–Crippen MR) is 116 cm³/mol. The van der Waals surface area contributed by atoms with Crippen molar-refractivity contribution < 1.29 is 9.59 Å². The molecule has 4 rings (SSSR count). The van der Waals surface area contributed by atoms with E-state index in [9.17, 15) is 9.59 Å². The summed E-state index contributed by atoms with van der Waals surface area (Å²) in [6, 6.07) is 16.0. The topological polar surface area (TPSA) is 117 Å². The Morgan fingerprint density at radius 2 is 1.97 bits per heavy atom. The van der Waals surface area contributed by atoms with Crippen molar-refractivity contribution in [2.75, 3.05) is 5.32 Å². The van der Waals surface area contributed by atoms with E-state index in [0.29, 0.717) is 34.7 Å². The number of primary amides is 1. The van der Waals surface area contributed by atoms with Crippen LogP contribution in [0.2, 0.25) is 0 Å². The molecule has 1 aromatic heterocycles. The van der Waals surface area contributed by atoms with Gasteiger partial charge in [-0.1, -0.05) is 23.8 Å². The van der Waals surface area contributed by atoms with Gasteiger partial charge in [0.1, 0.15) is 5.69 Å². The van der Waals surface area contributed by atoms with Gasteiger partial charge in [0, 0.05) is 11.3 Å². The summed E-state index contributed by atoms with van der Waals surface area (Å²) in [4.78, 5) is 26.9. The van der Waals surface area contributed by atoms with E-state index >= 15 is 0 Å². The highest BCUT2D eigenvalue weighted by Gasteiger charge is 2.33. The Hall–Kier alpha value is -4.12. The van der Waals surface area contributed by atoms with Crippen LogP contribution in [0.15, 0.2) is 48.5 Å². The summed E-state index contributed by atoms with van der Waals surface area (Å²) in [5.74, 6) is -0.570. The number of hydrogen-bond acceptors (Lipinski definition) is 4. The first-order chi connectivity index (χ1) is 14.9. The molecule has 2 aromatic carbocycles. The third kappa shape index (κ3) is 3.85. The Kier molecular flexibility index (Phi) is 5.17. The summed E-state index contributed by atoms with van der Waals surface area (Å²) in [6.07, 6.45) is 0. The highest BCUT2D eigenvalue weighted by Crippen LogP contribution is 2.30. The number of aromatic nitrogens is 2. The quantitative estimate of drug-likeness (QED) is 0.684. The molecular formula is C23H22N6O2. The lowest BCUT2D eigenvalue weighted by Gasteiger charge is -2.34. The molecule has 8 heteroatoms. The van der Waals surface area contributed by atoms with Crippen LogP contribution in [-0.2, 0) is 13.1 Å². The van der Waals surface area contributed by atoms with Gasteiger partial charge in [-0.2, -0.15) is 10.4 Å². The highest BCUT2D eigenvalue weighted by atomic mass is 16.2. The maximum absolute atomic E-state index is 12.9. The van der Waals surface area contributed by atoms with E-state index in [-0.39, 0.29) is 18.6 Å². The molecule has 0 spiro atoms. The predicted octanol–water partition coefficient (Wildman–Crippen LogP) is 3.27. The SMILES string of the molecule is Cc1cccc(-c2nn3c(c2C(N)=O)CN(C(=O)Nc2ccc(C#N)cc2)C(C)C3)c1. The van der Waals surface area contributed by atoms with Crippen LogP contribution in [-0.4, -0.2) is 32.7 Å². The van der Waals surface area contributed by atoms with E-state index in [1.54, 1.807) is 33.8 Å². The van der Waals surface area contributed by atoms with E-state index in [1.165, 1.54) is 0 Å². The van der Waals surface area contributed by atoms with E-state index in [4.69, 9.17) is 11.0 Å². The van der Waals surface area contributed by atoms with Crippen molar-refractivity contribution in [3.63, 3.8) is 0 Å². The lowest BCUT2D eigenvalue weighted by atomic mass is 10.0. The van der Waals surface area contributed by atoms with Gasteiger partial charge in [-0.25, -0.2) is 4.79 Å². The molecule has 0 saturated carbocycles. The molecule has 1 aliphatic heterocycles. The van der Waals surface area contributed by atoms with Crippen molar-refractivity contribution in [2.45, 2.75) is 33.0 Å². The third-order valence-corrected chi connectivity index (χ3v) is 5.41. The molecular weight excluding hydrogens is 392 g/mol. The zero-order valence-corrected chi connectivity index (χ0v) is 17.3. The van der Waals surface area contributed by atoms with Gasteiger partial charge < -0.3 is 16.0 Å². The number of nitrogens with zero attached hydrogens (tertiary/aromatic N) is 4. The zero-order valence-electron chi connectivity index (χ0n) is 17.3. The molecule has 0 bridgehead atoms. The number of nitrogens with two attached hydrogens (primary N) is 1. The number of amides is 3. The van der Waals surface area contributed by atoms with Gasteiger partial charge >= 0.3 is 6.03 Å². The van der Waals surface area contributed by atoms with Gasteiger partial charge in [-0.3, -0.25) is 9.48 Å². The average Bonchev–Trinajstić information content (AvgIpc) is 3.12. The van der Waals surface area contributed by atoms with E-state index in [0.717, 1.165) is 11.1 Å². The average molecular weight is 414 g/mol. The molecule has 156 valence electrons. The Morgan fingerprint density at radius 3 is 2.61 bits per heavy atom. The number of rotatable bonds is 3. The summed E-state index contributed by atoms with van der Waals surface area (Å²) < 4.78 is 1.77. The second-order valence-corrected chi connectivity index (χ2v) is 7.68. The smallest absolute Gasteiger partial charge is 0.322 e. The molecule has 0 radical (unpaired) electrons. The molecule has 2 heterocycles. The molecule has 8 nitrogen and oxygen atoms in total. The number of anilines is 1. The fourth-order valence-electron chi connectivity index (χ4n) is 3.82. The number of carbonyl (C=O) groups excluding carboxylic acids is 2. The molecule has 3 N–H and O–H groups in total. The number of nitriles is 1. The van der Waals surface area contributed by atoms with Crippen LogP contribution in [0.4, 0.5) is 10.5 Å². The number of fused-ring (bicyclic) bond motifs is 1. The molecule has 0 aliphatic carbocycles. The van der Waals surface area contributed by atoms with E-state index in [1.807, 2.05) is 44.2 Å². The lowest BCUT2D eigenvalue weighted by molar-refractivity contribution is 0.0995. The van der Waals surface area contributed by atoms with Crippen LogP contribution in [0.1, 0.15) is 34.1 Å². The molecule has 0 saturated heterocycles. The van der Waals surface area contributed by atoms with Crippen LogP contribution in [0, 0.1) is 18.3 Å². The molecule has 0 fully saturated rings. The van der Waals surface area contributed by atoms with Crippen LogP contribution in [0.25, 0.3) is 11.3 Å². The third-order valence-electron chi connectivity index (χ3n) is 5.41. The first-order valence-electron chi connectivity index (χ1n) is 9.91. The Bertz CT molecular complexity index is 1210. The number of benzene rings is 2. The summed E-state index contributed by atoms with van der Waals surface area (Å²) in [5.41, 5.74) is 10.2. The summed E-state index contributed by atoms with van der Waals surface area (Å²) in [6.45, 7) is 4.56. The van der Waals surface area contributed by atoms with Crippen molar-refractivity contribution in [3.05, 3.63) is 70.9 Å². The first-order valence-corrected chi connectivity index (χ1v) is 9.91. The number of urea groups is 1. The first kappa shape index (κ1) is 20.2. The number of aryl methyl sites for hydroxylation is 1. The Balaban J connectivity index is 1.65. The van der Waals surface area contributed by atoms with Crippen LogP contribution in [0.3, 0.4) is 0 Å². The van der Waals surface area contributed by atoms with Crippen molar-refractivity contribution in [2.24, 2.45) is 5.73 Å². The fraction of sp³-hybridized carbons (Fsp3) is 0.217. The van der Waals surface area contributed by atoms with Gasteiger partial charge in [-0.05, 0) is 44.2 Å². The van der Waals surface area contributed by atoms with Gasteiger partial charge in [0.2, 0.25) is 0 Å². The van der Waals surface area contributed by atoms with Crippen molar-refractivity contribution in [1.29, 1.82) is 5.26 Å². The van der Waals surface area contributed by atoms with Crippen LogP contribution >= 0.6 is 0 Å². The van der Waals surface area contributed by atoms with Gasteiger partial charge in [0.15, 0.2) is 0 Å². The minimum atomic E-state index is -0.570. The summed E-state index contributed by atoms with van der Waals surface area (Å²) in [5, 5.41) is 16.4. The minimum absolute atomic E-state index is 0.142. The van der Waals surface area contributed by atoms with Gasteiger partial charge in [0.05, 0.1) is 42.0 Å². The molecule has 31 heavy (non-hydrogen) atoms. The number of carbonyl (C=O) groups is 2. The summed E-state index contributed by atoms with van der Waals surface area (Å²) >= 11 is 0. The van der Waals surface area contributed by atoms with Crippen molar-refractivity contribution >= 4 is 17.6 Å². The van der Waals surface area contributed by atoms with Crippen molar-refractivity contribution in [3.8, 4) is 17.3 Å². The second kappa shape index (κ2) is 7.95. The van der Waals surface area contributed by atoms with Crippen LogP contribution in [0.5, 0.6) is 0 Å². The molecule has 3 aromatic rings. The summed E-state index contributed by atoms with van der Waals surface area (Å²) in [7, 11) is 0. The molecule has 1 unspecified atom stereocenters. The maximum atomic E-state index is 12.9. The Morgan fingerprint density at radius 1 is 1.23 bits per heavy atom. The Labute approximate surface area is 179 Å². The van der Waals surface area contributed by atoms with E-state index < -0.39 is 5.91 Å². The minimum Gasteiger partial charge on any atom is -0.365 e.